The molecule has 8 nitrogen and oxygen atoms in total. The Morgan fingerprint density at radius 1 is 1.17 bits per heavy atom. The third kappa shape index (κ3) is 5.08. The van der Waals surface area contributed by atoms with Crippen molar-refractivity contribution in [1.29, 1.82) is 0 Å². The molecule has 2 heterocycles. The fourth-order valence-electron chi connectivity index (χ4n) is 2.95. The van der Waals surface area contributed by atoms with Crippen LogP contribution in [0.3, 0.4) is 0 Å². The summed E-state index contributed by atoms with van der Waals surface area (Å²) in [5.41, 5.74) is 2.24. The summed E-state index contributed by atoms with van der Waals surface area (Å²) < 4.78 is 10.9. The van der Waals surface area contributed by atoms with Gasteiger partial charge in [0.25, 0.3) is 5.89 Å². The lowest BCUT2D eigenvalue weighted by molar-refractivity contribution is 0.0536. The maximum Gasteiger partial charge on any atom is 0.258 e. The van der Waals surface area contributed by atoms with Gasteiger partial charge in [-0.25, -0.2) is 4.98 Å². The molecule has 0 aliphatic rings. The monoisotopic (exact) mass is 432 g/mol. The molecule has 0 spiro atoms. The third-order valence-corrected chi connectivity index (χ3v) is 4.85. The van der Waals surface area contributed by atoms with E-state index in [1.54, 1.807) is 18.2 Å². The first-order chi connectivity index (χ1) is 14.4. The molecule has 2 N–H and O–H groups in total. The summed E-state index contributed by atoms with van der Waals surface area (Å²) in [6, 6.07) is 8.84. The van der Waals surface area contributed by atoms with Gasteiger partial charge in [-0.2, -0.15) is 4.98 Å². The van der Waals surface area contributed by atoms with E-state index in [0.717, 1.165) is 30.2 Å². The molecule has 160 valence electrons. The number of benzene rings is 1. The van der Waals surface area contributed by atoms with Crippen LogP contribution in [0.1, 0.15) is 19.5 Å². The number of anilines is 1. The Labute approximate surface area is 180 Å². The van der Waals surface area contributed by atoms with Crippen molar-refractivity contribution in [2.75, 3.05) is 31.2 Å². The molecule has 0 saturated heterocycles. The molecule has 0 aliphatic heterocycles. The molecule has 3 aromatic rings. The average Bonchev–Trinajstić information content (AvgIpc) is 3.22. The number of pyridine rings is 1. The molecule has 1 atom stereocenters. The zero-order valence-corrected chi connectivity index (χ0v) is 17.9. The van der Waals surface area contributed by atoms with Gasteiger partial charge in [-0.15, -0.1) is 0 Å². The van der Waals surface area contributed by atoms with Crippen molar-refractivity contribution in [3.63, 3.8) is 0 Å². The molecule has 0 radical (unpaired) electrons. The van der Waals surface area contributed by atoms with E-state index in [1.807, 2.05) is 19.1 Å². The summed E-state index contributed by atoms with van der Waals surface area (Å²) in [6.07, 6.45) is -0.951. The van der Waals surface area contributed by atoms with Gasteiger partial charge in [0, 0.05) is 29.9 Å². The number of aliphatic hydroxyl groups excluding tert-OH is 2. The van der Waals surface area contributed by atoms with E-state index >= 15 is 0 Å². The Kier molecular flexibility index (Phi) is 7.25. The Hall–Kier alpha value is -2.68. The van der Waals surface area contributed by atoms with Crippen LogP contribution in [-0.2, 0) is 0 Å². The average molecular weight is 433 g/mol. The molecular weight excluding hydrogens is 408 g/mol. The number of aromatic nitrogens is 3. The number of aryl methyl sites for hydroxylation is 1. The number of nitrogens with zero attached hydrogens (tertiary/aromatic N) is 4. The van der Waals surface area contributed by atoms with Crippen LogP contribution in [0.4, 0.5) is 5.82 Å². The van der Waals surface area contributed by atoms with Crippen LogP contribution in [0.5, 0.6) is 5.75 Å². The van der Waals surface area contributed by atoms with E-state index in [0.29, 0.717) is 28.1 Å². The highest BCUT2D eigenvalue weighted by Crippen LogP contribution is 2.31. The second kappa shape index (κ2) is 9.88. The molecule has 3 rings (SSSR count). The highest BCUT2D eigenvalue weighted by molar-refractivity contribution is 6.33. The number of hydrogen-bond acceptors (Lipinski definition) is 8. The zero-order valence-electron chi connectivity index (χ0n) is 17.2. The van der Waals surface area contributed by atoms with Gasteiger partial charge in [-0.05, 0) is 51.1 Å². The topological polar surface area (TPSA) is 105 Å². The maximum absolute atomic E-state index is 9.39. The lowest BCUT2D eigenvalue weighted by atomic mass is 10.2. The Balaban J connectivity index is 1.85. The van der Waals surface area contributed by atoms with Crippen molar-refractivity contribution >= 4 is 17.4 Å². The normalized spacial score (nSPS) is 12.1. The summed E-state index contributed by atoms with van der Waals surface area (Å²) in [4.78, 5) is 11.2. The standard InChI is InChI=1S/C21H25ClN4O4/c1-4-26(5-2)19-9-14(8-13(3)23-19)21-24-20(25-30-21)17-7-6-16(10-18(17)22)29-12-15(28)11-27/h6-10,15,27-28H,4-5,11-12H2,1-3H3. The Morgan fingerprint density at radius 2 is 1.93 bits per heavy atom. The molecule has 9 heteroatoms. The first kappa shape index (κ1) is 22.0. The lowest BCUT2D eigenvalue weighted by Crippen LogP contribution is -2.23. The SMILES string of the molecule is CCN(CC)c1cc(-c2nc(-c3ccc(OCC(O)CO)cc3Cl)no2)cc(C)n1. The fraction of sp³-hybridized carbons (Fsp3) is 0.381. The molecule has 0 saturated carbocycles. The van der Waals surface area contributed by atoms with Crippen molar-refractivity contribution in [2.45, 2.75) is 26.9 Å². The third-order valence-electron chi connectivity index (χ3n) is 4.53. The van der Waals surface area contributed by atoms with Gasteiger partial charge in [0.05, 0.1) is 11.6 Å². The molecule has 0 fully saturated rings. The summed E-state index contributed by atoms with van der Waals surface area (Å²) in [5, 5.41) is 22.7. The van der Waals surface area contributed by atoms with Gasteiger partial charge in [0.15, 0.2) is 0 Å². The molecule has 2 aromatic heterocycles. The summed E-state index contributed by atoms with van der Waals surface area (Å²) in [6.45, 7) is 7.38. The highest BCUT2D eigenvalue weighted by atomic mass is 35.5. The van der Waals surface area contributed by atoms with E-state index in [4.69, 9.17) is 26.0 Å². The molecule has 1 unspecified atom stereocenters. The fourth-order valence-corrected chi connectivity index (χ4v) is 3.20. The predicted molar refractivity (Wildman–Crippen MR) is 115 cm³/mol. The van der Waals surface area contributed by atoms with Crippen LogP contribution in [-0.4, -0.2) is 57.7 Å². The van der Waals surface area contributed by atoms with Gasteiger partial charge in [0.1, 0.15) is 24.3 Å². The number of ether oxygens (including phenoxy) is 1. The van der Waals surface area contributed by atoms with Crippen molar-refractivity contribution < 1.29 is 19.5 Å². The summed E-state index contributed by atoms with van der Waals surface area (Å²) in [7, 11) is 0. The van der Waals surface area contributed by atoms with Gasteiger partial charge in [0.2, 0.25) is 5.82 Å². The second-order valence-electron chi connectivity index (χ2n) is 6.74. The summed E-state index contributed by atoms with van der Waals surface area (Å²) >= 11 is 6.37. The Morgan fingerprint density at radius 3 is 2.60 bits per heavy atom. The van der Waals surface area contributed by atoms with Crippen molar-refractivity contribution in [3.8, 4) is 28.6 Å². The van der Waals surface area contributed by atoms with Crippen molar-refractivity contribution in [3.05, 3.63) is 41.0 Å². The molecule has 0 aliphatic carbocycles. The number of hydrogen-bond donors (Lipinski definition) is 2. The minimum atomic E-state index is -0.951. The van der Waals surface area contributed by atoms with Gasteiger partial charge < -0.3 is 24.4 Å². The minimum Gasteiger partial charge on any atom is -0.491 e. The molecule has 0 bridgehead atoms. The summed E-state index contributed by atoms with van der Waals surface area (Å²) in [5.74, 6) is 2.06. The predicted octanol–water partition coefficient (Wildman–Crippen LogP) is 3.34. The van der Waals surface area contributed by atoms with Crippen LogP contribution in [0.25, 0.3) is 22.8 Å². The van der Waals surface area contributed by atoms with E-state index in [-0.39, 0.29) is 13.2 Å². The number of halogens is 1. The second-order valence-corrected chi connectivity index (χ2v) is 7.15. The first-order valence-corrected chi connectivity index (χ1v) is 10.1. The van der Waals surface area contributed by atoms with Gasteiger partial charge in [-0.1, -0.05) is 16.8 Å². The quantitative estimate of drug-likeness (QED) is 0.530. The van der Waals surface area contributed by atoms with Crippen LogP contribution >= 0.6 is 11.6 Å². The van der Waals surface area contributed by atoms with Crippen molar-refractivity contribution in [1.82, 2.24) is 15.1 Å². The first-order valence-electron chi connectivity index (χ1n) is 9.74. The van der Waals surface area contributed by atoms with E-state index in [1.165, 1.54) is 0 Å². The Bertz CT molecular complexity index is 991. The smallest absolute Gasteiger partial charge is 0.258 e. The molecule has 0 amide bonds. The maximum atomic E-state index is 9.39. The molecular formula is C21H25ClN4O4. The largest absolute Gasteiger partial charge is 0.491 e. The molecule has 1 aromatic carbocycles. The number of aliphatic hydroxyl groups is 2. The van der Waals surface area contributed by atoms with Gasteiger partial charge in [-0.3, -0.25) is 0 Å². The molecule has 30 heavy (non-hydrogen) atoms. The van der Waals surface area contributed by atoms with Crippen LogP contribution < -0.4 is 9.64 Å². The highest BCUT2D eigenvalue weighted by Gasteiger charge is 2.16. The van der Waals surface area contributed by atoms with Crippen LogP contribution in [0, 0.1) is 6.92 Å². The minimum absolute atomic E-state index is 0.0329. The lowest BCUT2D eigenvalue weighted by Gasteiger charge is -2.20. The van der Waals surface area contributed by atoms with Gasteiger partial charge >= 0.3 is 0 Å². The van der Waals surface area contributed by atoms with E-state index in [2.05, 4.69) is 33.9 Å². The van der Waals surface area contributed by atoms with Crippen molar-refractivity contribution in [2.24, 2.45) is 0 Å². The number of rotatable bonds is 9. The van der Waals surface area contributed by atoms with E-state index in [9.17, 15) is 5.11 Å². The van der Waals surface area contributed by atoms with Crippen LogP contribution in [0.15, 0.2) is 34.9 Å². The van der Waals surface area contributed by atoms with E-state index < -0.39 is 6.10 Å². The van der Waals surface area contributed by atoms with Crippen LogP contribution in [0.2, 0.25) is 5.02 Å². The zero-order chi connectivity index (χ0) is 21.7.